The van der Waals surface area contributed by atoms with Gasteiger partial charge < -0.3 is 10.1 Å². The van der Waals surface area contributed by atoms with E-state index < -0.39 is 0 Å². The van der Waals surface area contributed by atoms with Crippen molar-refractivity contribution in [3.63, 3.8) is 0 Å². The molecule has 2 aliphatic rings. The van der Waals surface area contributed by atoms with Crippen LogP contribution in [0.2, 0.25) is 0 Å². The second-order valence-corrected chi connectivity index (χ2v) is 6.76. The van der Waals surface area contributed by atoms with Gasteiger partial charge in [0.15, 0.2) is 0 Å². The number of ether oxygens (including phenoxy) is 1. The Kier molecular flexibility index (Phi) is 4.46. The molecule has 0 spiro atoms. The Labute approximate surface area is 120 Å². The van der Waals surface area contributed by atoms with Crippen molar-refractivity contribution in [3.05, 3.63) is 29.3 Å². The van der Waals surface area contributed by atoms with E-state index in [0.29, 0.717) is 6.10 Å². The first kappa shape index (κ1) is 13.5. The summed E-state index contributed by atoms with van der Waals surface area (Å²) in [7, 11) is 0. The Bertz CT molecular complexity index is 425. The molecule has 1 N–H and O–H groups in total. The van der Waals surface area contributed by atoms with Crippen LogP contribution in [0.5, 0.6) is 0 Å². The zero-order valence-electron chi connectivity index (χ0n) is 11.7. The van der Waals surface area contributed by atoms with E-state index in [-0.39, 0.29) is 0 Å². The normalized spacial score (nSPS) is 22.9. The van der Waals surface area contributed by atoms with E-state index in [1.54, 1.807) is 0 Å². The lowest BCUT2D eigenvalue weighted by Gasteiger charge is -2.12. The highest BCUT2D eigenvalue weighted by Gasteiger charge is 2.20. The van der Waals surface area contributed by atoms with Gasteiger partial charge in [-0.3, -0.25) is 0 Å². The van der Waals surface area contributed by atoms with E-state index in [1.165, 1.54) is 41.7 Å². The van der Waals surface area contributed by atoms with Crippen molar-refractivity contribution in [2.24, 2.45) is 0 Å². The average molecular weight is 277 g/mol. The molecule has 1 aliphatic carbocycles. The van der Waals surface area contributed by atoms with Crippen LogP contribution in [0.3, 0.4) is 0 Å². The van der Waals surface area contributed by atoms with Gasteiger partial charge in [0.1, 0.15) is 0 Å². The first-order valence-electron chi connectivity index (χ1n) is 7.38. The minimum Gasteiger partial charge on any atom is -0.377 e. The highest BCUT2D eigenvalue weighted by Crippen LogP contribution is 2.27. The van der Waals surface area contributed by atoms with E-state index >= 15 is 0 Å². The zero-order chi connectivity index (χ0) is 13.1. The third-order valence-corrected chi connectivity index (χ3v) is 5.17. The molecule has 104 valence electrons. The average Bonchev–Trinajstić information content (AvgIpc) is 3.10. The molecule has 1 atom stereocenters. The Morgan fingerprint density at radius 2 is 2.21 bits per heavy atom. The lowest BCUT2D eigenvalue weighted by atomic mass is 10.1. The maximum absolute atomic E-state index is 5.68. The summed E-state index contributed by atoms with van der Waals surface area (Å²) in [5, 5.41) is 3.57. The molecule has 0 bridgehead atoms. The van der Waals surface area contributed by atoms with Gasteiger partial charge in [-0.2, -0.15) is 0 Å². The van der Waals surface area contributed by atoms with Gasteiger partial charge in [-0.05, 0) is 49.8 Å². The Morgan fingerprint density at radius 3 is 2.89 bits per heavy atom. The monoisotopic (exact) mass is 277 g/mol. The molecule has 1 heterocycles. The van der Waals surface area contributed by atoms with Crippen molar-refractivity contribution < 1.29 is 4.74 Å². The highest BCUT2D eigenvalue weighted by atomic mass is 32.2. The fourth-order valence-electron chi connectivity index (χ4n) is 2.49. The molecule has 1 saturated heterocycles. The predicted octanol–water partition coefficient (Wildman–Crippen LogP) is 3.52. The van der Waals surface area contributed by atoms with Crippen LogP contribution >= 0.6 is 11.8 Å². The second kappa shape index (κ2) is 6.29. The zero-order valence-corrected chi connectivity index (χ0v) is 12.5. The van der Waals surface area contributed by atoms with Crippen LogP contribution < -0.4 is 5.32 Å². The van der Waals surface area contributed by atoms with Gasteiger partial charge in [0, 0.05) is 29.8 Å². The minimum absolute atomic E-state index is 0.473. The summed E-state index contributed by atoms with van der Waals surface area (Å²) in [6.07, 6.45) is 5.65. The largest absolute Gasteiger partial charge is 0.377 e. The van der Waals surface area contributed by atoms with Crippen LogP contribution in [-0.2, 0) is 11.3 Å². The molecule has 1 aliphatic heterocycles. The predicted molar refractivity (Wildman–Crippen MR) is 80.7 cm³/mol. The van der Waals surface area contributed by atoms with Crippen LogP contribution in [0.15, 0.2) is 23.1 Å². The van der Waals surface area contributed by atoms with E-state index in [1.807, 2.05) is 11.8 Å². The molecule has 0 radical (unpaired) electrons. The van der Waals surface area contributed by atoms with Gasteiger partial charge in [-0.15, -0.1) is 11.8 Å². The van der Waals surface area contributed by atoms with Crippen molar-refractivity contribution >= 4 is 11.8 Å². The van der Waals surface area contributed by atoms with Gasteiger partial charge in [-0.1, -0.05) is 12.1 Å². The molecule has 0 aromatic heterocycles. The molecule has 2 fully saturated rings. The Balaban J connectivity index is 1.52. The van der Waals surface area contributed by atoms with E-state index in [2.05, 4.69) is 30.4 Å². The standard InChI is InChI=1S/C16H23NOS/c1-12-9-13(10-17-14-5-6-14)4-7-16(12)19-11-15-3-2-8-18-15/h4,7,9,14-15,17H,2-3,5-6,8,10-11H2,1H3. The molecule has 1 unspecified atom stereocenters. The Hall–Kier alpha value is -0.510. The van der Waals surface area contributed by atoms with Gasteiger partial charge in [-0.25, -0.2) is 0 Å². The molecular weight excluding hydrogens is 254 g/mol. The first-order valence-corrected chi connectivity index (χ1v) is 8.37. The minimum atomic E-state index is 0.473. The van der Waals surface area contributed by atoms with Crippen LogP contribution in [0.4, 0.5) is 0 Å². The number of nitrogens with one attached hydrogen (secondary N) is 1. The lowest BCUT2D eigenvalue weighted by Crippen LogP contribution is -2.15. The SMILES string of the molecule is Cc1cc(CNC2CC2)ccc1SCC1CCCO1. The summed E-state index contributed by atoms with van der Waals surface area (Å²) in [6, 6.07) is 7.65. The molecule has 1 aromatic rings. The van der Waals surface area contributed by atoms with Gasteiger partial charge >= 0.3 is 0 Å². The van der Waals surface area contributed by atoms with E-state index in [0.717, 1.165) is 24.9 Å². The van der Waals surface area contributed by atoms with Gasteiger partial charge in [0.05, 0.1) is 6.10 Å². The number of rotatable bonds is 6. The molecule has 3 rings (SSSR count). The number of aryl methyl sites for hydroxylation is 1. The van der Waals surface area contributed by atoms with E-state index in [4.69, 9.17) is 4.74 Å². The number of hydrogen-bond donors (Lipinski definition) is 1. The summed E-state index contributed by atoms with van der Waals surface area (Å²) in [5.41, 5.74) is 2.81. The van der Waals surface area contributed by atoms with Crippen molar-refractivity contribution in [1.29, 1.82) is 0 Å². The number of benzene rings is 1. The van der Waals surface area contributed by atoms with Gasteiger partial charge in [0.25, 0.3) is 0 Å². The fourth-order valence-corrected chi connectivity index (χ4v) is 3.57. The molecule has 3 heteroatoms. The second-order valence-electron chi connectivity index (χ2n) is 5.70. The molecular formula is C16H23NOS. The van der Waals surface area contributed by atoms with Crippen LogP contribution in [0.25, 0.3) is 0 Å². The summed E-state index contributed by atoms with van der Waals surface area (Å²) in [5.74, 6) is 1.10. The maximum Gasteiger partial charge on any atom is 0.0669 e. The third-order valence-electron chi connectivity index (χ3n) is 3.86. The molecule has 1 aromatic carbocycles. The fraction of sp³-hybridized carbons (Fsp3) is 0.625. The molecule has 19 heavy (non-hydrogen) atoms. The number of thioether (sulfide) groups is 1. The molecule has 1 saturated carbocycles. The van der Waals surface area contributed by atoms with Crippen molar-refractivity contribution in [2.75, 3.05) is 12.4 Å². The van der Waals surface area contributed by atoms with E-state index in [9.17, 15) is 0 Å². The smallest absolute Gasteiger partial charge is 0.0669 e. The lowest BCUT2D eigenvalue weighted by molar-refractivity contribution is 0.129. The highest BCUT2D eigenvalue weighted by molar-refractivity contribution is 7.99. The third kappa shape index (κ3) is 3.98. The number of hydrogen-bond acceptors (Lipinski definition) is 3. The van der Waals surface area contributed by atoms with Crippen molar-refractivity contribution in [3.8, 4) is 0 Å². The quantitative estimate of drug-likeness (QED) is 0.804. The molecule has 0 amide bonds. The van der Waals surface area contributed by atoms with Crippen molar-refractivity contribution in [2.45, 2.75) is 56.2 Å². The molecule has 2 nitrogen and oxygen atoms in total. The first-order chi connectivity index (χ1) is 9.31. The summed E-state index contributed by atoms with van der Waals surface area (Å²) in [4.78, 5) is 1.41. The summed E-state index contributed by atoms with van der Waals surface area (Å²) in [6.45, 7) is 4.19. The summed E-state index contributed by atoms with van der Waals surface area (Å²) < 4.78 is 5.68. The topological polar surface area (TPSA) is 21.3 Å². The van der Waals surface area contributed by atoms with Gasteiger partial charge in [0.2, 0.25) is 0 Å². The van der Waals surface area contributed by atoms with Crippen LogP contribution in [0, 0.1) is 6.92 Å². The van der Waals surface area contributed by atoms with Crippen LogP contribution in [0.1, 0.15) is 36.8 Å². The Morgan fingerprint density at radius 1 is 1.32 bits per heavy atom. The maximum atomic E-state index is 5.68. The summed E-state index contributed by atoms with van der Waals surface area (Å²) >= 11 is 1.94. The van der Waals surface area contributed by atoms with Crippen molar-refractivity contribution in [1.82, 2.24) is 5.32 Å². The van der Waals surface area contributed by atoms with Crippen LogP contribution in [-0.4, -0.2) is 24.5 Å².